The third-order valence-electron chi connectivity index (χ3n) is 6.56. The lowest BCUT2D eigenvalue weighted by Crippen LogP contribution is -2.52. The molecule has 1 aliphatic carbocycles. The molecular formula is C22H33Cl2N3O3S. The standard InChI is InChI=1S/C22H33Cl2N3O3S/c1-3-12-31(29,30)27-10-8-21(9-11-27)26(2)22(28)25-20-6-4-16(5-7-20)17-13-18(23)15-19(24)14-17/h13-16,20-21H,3-12H2,1-2H3,(H,25,28). The molecule has 0 bridgehead atoms. The quantitative estimate of drug-likeness (QED) is 0.619. The van der Waals surface area contributed by atoms with Crippen molar-refractivity contribution in [3.05, 3.63) is 33.8 Å². The molecule has 31 heavy (non-hydrogen) atoms. The summed E-state index contributed by atoms with van der Waals surface area (Å²) in [5.41, 5.74) is 1.17. The molecule has 6 nitrogen and oxygen atoms in total. The van der Waals surface area contributed by atoms with Crippen molar-refractivity contribution in [2.45, 2.75) is 69.9 Å². The Labute approximate surface area is 196 Å². The second-order valence-electron chi connectivity index (χ2n) is 8.76. The van der Waals surface area contributed by atoms with Gasteiger partial charge in [-0.2, -0.15) is 0 Å². The third kappa shape index (κ3) is 6.50. The first-order valence-corrected chi connectivity index (χ1v) is 13.5. The summed E-state index contributed by atoms with van der Waals surface area (Å²) in [6, 6.07) is 5.88. The molecule has 0 radical (unpaired) electrons. The minimum atomic E-state index is -3.16. The first kappa shape index (κ1) is 24.6. The normalized spacial score (nSPS) is 23.5. The van der Waals surface area contributed by atoms with Gasteiger partial charge in [0.05, 0.1) is 5.75 Å². The summed E-state index contributed by atoms with van der Waals surface area (Å²) in [7, 11) is -1.35. The maximum atomic E-state index is 12.8. The first-order chi connectivity index (χ1) is 14.7. The summed E-state index contributed by atoms with van der Waals surface area (Å²) in [4.78, 5) is 14.5. The van der Waals surface area contributed by atoms with Crippen molar-refractivity contribution in [2.75, 3.05) is 25.9 Å². The highest BCUT2D eigenvalue weighted by Gasteiger charge is 2.32. The largest absolute Gasteiger partial charge is 0.335 e. The molecule has 1 aromatic rings. The van der Waals surface area contributed by atoms with Gasteiger partial charge in [-0.15, -0.1) is 0 Å². The van der Waals surface area contributed by atoms with Crippen LogP contribution in [0.25, 0.3) is 0 Å². The number of sulfonamides is 1. The molecule has 9 heteroatoms. The Morgan fingerprint density at radius 1 is 1.06 bits per heavy atom. The predicted octanol–water partition coefficient (Wildman–Crippen LogP) is 4.87. The second-order valence-corrected chi connectivity index (χ2v) is 11.7. The van der Waals surface area contributed by atoms with Crippen LogP contribution < -0.4 is 5.32 Å². The SMILES string of the molecule is CCCS(=O)(=O)N1CCC(N(C)C(=O)NC2CCC(c3cc(Cl)cc(Cl)c3)CC2)CC1. The highest BCUT2D eigenvalue weighted by Crippen LogP contribution is 2.35. The Balaban J connectivity index is 1.46. The fourth-order valence-electron chi connectivity index (χ4n) is 4.72. The third-order valence-corrected chi connectivity index (χ3v) is 9.07. The number of hydrogen-bond acceptors (Lipinski definition) is 3. The van der Waals surface area contributed by atoms with E-state index in [1.807, 2.05) is 26.1 Å². The number of rotatable bonds is 6. The topological polar surface area (TPSA) is 69.7 Å². The molecule has 0 unspecified atom stereocenters. The van der Waals surface area contributed by atoms with Crippen LogP contribution in [0.5, 0.6) is 0 Å². The van der Waals surface area contributed by atoms with E-state index in [1.54, 1.807) is 15.3 Å². The Hall–Kier alpha value is -1.02. The molecule has 1 N–H and O–H groups in total. The molecule has 0 atom stereocenters. The van der Waals surface area contributed by atoms with Gasteiger partial charge in [0.15, 0.2) is 0 Å². The van der Waals surface area contributed by atoms with Crippen LogP contribution in [0.2, 0.25) is 10.0 Å². The zero-order chi connectivity index (χ0) is 22.6. The van der Waals surface area contributed by atoms with Crippen LogP contribution in [-0.4, -0.2) is 61.6 Å². The summed E-state index contributed by atoms with van der Waals surface area (Å²) >= 11 is 12.3. The molecular weight excluding hydrogens is 457 g/mol. The van der Waals surface area contributed by atoms with Gasteiger partial charge >= 0.3 is 6.03 Å². The molecule has 1 aliphatic heterocycles. The highest BCUT2D eigenvalue weighted by atomic mass is 35.5. The molecule has 2 amide bonds. The van der Waals surface area contributed by atoms with Crippen LogP contribution in [0.4, 0.5) is 4.79 Å². The van der Waals surface area contributed by atoms with Gasteiger partial charge < -0.3 is 10.2 Å². The summed E-state index contributed by atoms with van der Waals surface area (Å²) < 4.78 is 26.1. The minimum Gasteiger partial charge on any atom is -0.335 e. The van der Waals surface area contributed by atoms with Crippen molar-refractivity contribution >= 4 is 39.3 Å². The zero-order valence-electron chi connectivity index (χ0n) is 18.3. The number of halogens is 2. The van der Waals surface area contributed by atoms with Crippen molar-refractivity contribution in [3.63, 3.8) is 0 Å². The Morgan fingerprint density at radius 2 is 1.65 bits per heavy atom. The first-order valence-electron chi connectivity index (χ1n) is 11.2. The monoisotopic (exact) mass is 489 g/mol. The van der Waals surface area contributed by atoms with Crippen molar-refractivity contribution in [3.8, 4) is 0 Å². The van der Waals surface area contributed by atoms with Gasteiger partial charge in [-0.1, -0.05) is 30.1 Å². The number of urea groups is 1. The van der Waals surface area contributed by atoms with Crippen molar-refractivity contribution < 1.29 is 13.2 Å². The molecule has 0 aromatic heterocycles. The molecule has 1 saturated heterocycles. The van der Waals surface area contributed by atoms with Crippen LogP contribution in [-0.2, 0) is 10.0 Å². The zero-order valence-corrected chi connectivity index (χ0v) is 20.6. The maximum absolute atomic E-state index is 12.8. The van der Waals surface area contributed by atoms with Crippen LogP contribution >= 0.6 is 23.2 Å². The Bertz CT molecular complexity index is 845. The van der Waals surface area contributed by atoms with E-state index in [-0.39, 0.29) is 23.9 Å². The second kappa shape index (κ2) is 10.7. The van der Waals surface area contributed by atoms with Crippen molar-refractivity contribution in [2.24, 2.45) is 0 Å². The molecule has 2 aliphatic rings. The molecule has 1 saturated carbocycles. The number of piperidine rings is 1. The van der Waals surface area contributed by atoms with E-state index in [9.17, 15) is 13.2 Å². The van der Waals surface area contributed by atoms with Gasteiger partial charge in [0.2, 0.25) is 10.0 Å². The fourth-order valence-corrected chi connectivity index (χ4v) is 6.80. The van der Waals surface area contributed by atoms with Crippen LogP contribution in [0.3, 0.4) is 0 Å². The smallest absolute Gasteiger partial charge is 0.317 e. The van der Waals surface area contributed by atoms with E-state index < -0.39 is 10.0 Å². The molecule has 1 heterocycles. The van der Waals surface area contributed by atoms with Gasteiger partial charge in [-0.05, 0) is 74.6 Å². The van der Waals surface area contributed by atoms with E-state index in [4.69, 9.17) is 23.2 Å². The number of carbonyl (C=O) groups is 1. The summed E-state index contributed by atoms with van der Waals surface area (Å²) in [6.45, 7) is 2.84. The van der Waals surface area contributed by atoms with E-state index in [1.165, 1.54) is 5.56 Å². The average molecular weight is 490 g/mol. The molecule has 2 fully saturated rings. The van der Waals surface area contributed by atoms with E-state index in [2.05, 4.69) is 5.32 Å². The Morgan fingerprint density at radius 3 is 2.19 bits per heavy atom. The fraction of sp³-hybridized carbons (Fsp3) is 0.682. The number of carbonyl (C=O) groups excluding carboxylic acids is 1. The predicted molar refractivity (Wildman–Crippen MR) is 126 cm³/mol. The maximum Gasteiger partial charge on any atom is 0.317 e. The van der Waals surface area contributed by atoms with Gasteiger partial charge in [0.25, 0.3) is 0 Å². The van der Waals surface area contributed by atoms with Gasteiger partial charge in [-0.3, -0.25) is 0 Å². The molecule has 1 aromatic carbocycles. The van der Waals surface area contributed by atoms with Crippen molar-refractivity contribution in [1.82, 2.24) is 14.5 Å². The van der Waals surface area contributed by atoms with Gasteiger partial charge in [-0.25, -0.2) is 17.5 Å². The van der Waals surface area contributed by atoms with Gasteiger partial charge in [0.1, 0.15) is 0 Å². The average Bonchev–Trinajstić information content (AvgIpc) is 2.73. The number of amides is 2. The van der Waals surface area contributed by atoms with Crippen LogP contribution in [0.15, 0.2) is 18.2 Å². The summed E-state index contributed by atoms with van der Waals surface area (Å²) in [5.74, 6) is 0.606. The lowest BCUT2D eigenvalue weighted by molar-refractivity contribution is 0.157. The van der Waals surface area contributed by atoms with Crippen LogP contribution in [0, 0.1) is 0 Å². The van der Waals surface area contributed by atoms with E-state index in [0.717, 1.165) is 25.7 Å². The van der Waals surface area contributed by atoms with Gasteiger partial charge in [0, 0.05) is 42.3 Å². The van der Waals surface area contributed by atoms with E-state index in [0.29, 0.717) is 48.3 Å². The van der Waals surface area contributed by atoms with E-state index >= 15 is 0 Å². The summed E-state index contributed by atoms with van der Waals surface area (Å²) in [5, 5.41) is 4.50. The molecule has 3 rings (SSSR count). The number of nitrogens with zero attached hydrogens (tertiary/aromatic N) is 2. The van der Waals surface area contributed by atoms with Crippen LogP contribution in [0.1, 0.15) is 63.4 Å². The number of hydrogen-bond donors (Lipinski definition) is 1. The van der Waals surface area contributed by atoms with Crippen molar-refractivity contribution in [1.29, 1.82) is 0 Å². The lowest BCUT2D eigenvalue weighted by atomic mass is 9.82. The summed E-state index contributed by atoms with van der Waals surface area (Å²) in [6.07, 6.45) is 5.78. The number of nitrogens with one attached hydrogen (secondary N) is 1. The Kier molecular flexibility index (Phi) is 8.52. The highest BCUT2D eigenvalue weighted by molar-refractivity contribution is 7.89. The minimum absolute atomic E-state index is 0.0656. The molecule has 174 valence electrons. The number of benzene rings is 1. The molecule has 0 spiro atoms. The lowest BCUT2D eigenvalue weighted by Gasteiger charge is -2.37.